The number of para-hydroxylation sites is 1. The van der Waals surface area contributed by atoms with Crippen molar-refractivity contribution in [2.45, 2.75) is 51.4 Å². The molecular weight excluding hydrogens is 540 g/mol. The van der Waals surface area contributed by atoms with Crippen molar-refractivity contribution in [1.82, 2.24) is 9.78 Å². The summed E-state index contributed by atoms with van der Waals surface area (Å²) >= 11 is 0. The van der Waals surface area contributed by atoms with Gasteiger partial charge in [0.1, 0.15) is 0 Å². The van der Waals surface area contributed by atoms with E-state index in [2.05, 4.69) is 5.10 Å². The first kappa shape index (κ1) is 27.5. The number of allylic oxidation sites excluding steroid dienone is 1. The highest BCUT2D eigenvalue weighted by Gasteiger charge is 2.73. The molecule has 2 aromatic carbocycles. The third-order valence-corrected chi connectivity index (χ3v) is 7.34. The van der Waals surface area contributed by atoms with Crippen molar-refractivity contribution in [1.29, 1.82) is 0 Å². The van der Waals surface area contributed by atoms with Crippen LogP contribution in [0.25, 0.3) is 5.69 Å². The van der Waals surface area contributed by atoms with Crippen molar-refractivity contribution >= 4 is 17.4 Å². The molecule has 5 rings (SSSR count). The highest BCUT2D eigenvalue weighted by atomic mass is 19.4. The molecule has 40 heavy (non-hydrogen) atoms. The number of amides is 1. The molecule has 0 unspecified atom stereocenters. The van der Waals surface area contributed by atoms with Gasteiger partial charge in [0.15, 0.2) is 5.78 Å². The highest BCUT2D eigenvalue weighted by molar-refractivity contribution is 6.20. The van der Waals surface area contributed by atoms with E-state index in [-0.39, 0.29) is 29.9 Å². The van der Waals surface area contributed by atoms with Crippen LogP contribution in [0, 0.1) is 12.3 Å². The Morgan fingerprint density at radius 2 is 1.48 bits per heavy atom. The second-order valence-electron chi connectivity index (χ2n) is 10.8. The largest absolute Gasteiger partial charge is 0.416 e. The van der Waals surface area contributed by atoms with Crippen molar-refractivity contribution < 1.29 is 35.9 Å². The number of rotatable bonds is 3. The standard InChI is InChI=1S/C28H23F6N3O3/c1-15-21(23(39)37(35-15)17-9-5-4-6-10-17)26(28(32,33)34)22-19(13-25(2,3)14-20(22)38)36(24(26)40)18-11-7-8-16(12-18)27(29,30)31/h4-12,35H,13-14H2,1-3H3/t26-/m1/s1. The first-order chi connectivity index (χ1) is 18.5. The lowest BCUT2D eigenvalue weighted by atomic mass is 9.66. The molecule has 0 fully saturated rings. The van der Waals surface area contributed by atoms with Gasteiger partial charge < -0.3 is 0 Å². The lowest BCUT2D eigenvalue weighted by Gasteiger charge is -2.35. The number of carbonyl (C=O) groups is 2. The maximum Gasteiger partial charge on any atom is 0.416 e. The monoisotopic (exact) mass is 563 g/mol. The smallest absolute Gasteiger partial charge is 0.295 e. The number of alkyl halides is 6. The van der Waals surface area contributed by atoms with Crippen LogP contribution in [0.1, 0.15) is 43.5 Å². The van der Waals surface area contributed by atoms with Gasteiger partial charge in [-0.1, -0.05) is 38.1 Å². The Labute approximate surface area is 223 Å². The number of benzene rings is 2. The molecule has 1 aliphatic carbocycles. The van der Waals surface area contributed by atoms with Crippen LogP contribution in [0.4, 0.5) is 32.0 Å². The third kappa shape index (κ3) is 3.91. The Bertz CT molecular complexity index is 1630. The molecule has 6 nitrogen and oxygen atoms in total. The number of ketones is 1. The second kappa shape index (κ2) is 8.70. The number of hydrogen-bond donors (Lipinski definition) is 1. The maximum atomic E-state index is 15.4. The minimum atomic E-state index is -5.50. The van der Waals surface area contributed by atoms with Gasteiger partial charge in [0, 0.05) is 29.1 Å². The molecule has 0 spiro atoms. The first-order valence-electron chi connectivity index (χ1n) is 12.2. The molecule has 210 valence electrons. The predicted molar refractivity (Wildman–Crippen MR) is 133 cm³/mol. The number of anilines is 1. The van der Waals surface area contributed by atoms with E-state index in [4.69, 9.17) is 0 Å². The molecule has 1 aromatic heterocycles. The summed E-state index contributed by atoms with van der Waals surface area (Å²) in [6.07, 6.45) is -10.9. The van der Waals surface area contributed by atoms with Gasteiger partial charge >= 0.3 is 12.4 Å². The number of aryl methyl sites for hydroxylation is 1. The average molecular weight is 563 g/mol. The molecular formula is C28H23F6N3O3. The number of hydrogen-bond acceptors (Lipinski definition) is 3. The molecule has 0 saturated carbocycles. The quantitative estimate of drug-likeness (QED) is 0.399. The normalized spacial score (nSPS) is 21.3. The van der Waals surface area contributed by atoms with E-state index < -0.39 is 62.8 Å². The Morgan fingerprint density at radius 3 is 2.08 bits per heavy atom. The molecule has 12 heteroatoms. The summed E-state index contributed by atoms with van der Waals surface area (Å²) in [6, 6.07) is 11.0. The Hall–Kier alpha value is -4.09. The van der Waals surface area contributed by atoms with E-state index in [1.165, 1.54) is 19.1 Å². The fourth-order valence-corrected chi connectivity index (χ4v) is 5.78. The summed E-state index contributed by atoms with van der Waals surface area (Å²) in [4.78, 5) is 41.9. The Balaban J connectivity index is 1.87. The molecule has 1 aliphatic heterocycles. The van der Waals surface area contributed by atoms with Crippen LogP contribution < -0.4 is 10.5 Å². The van der Waals surface area contributed by atoms with Crippen LogP contribution in [-0.4, -0.2) is 27.6 Å². The molecule has 3 aromatic rings. The zero-order valence-electron chi connectivity index (χ0n) is 21.5. The molecule has 0 saturated heterocycles. The number of aromatic nitrogens is 2. The van der Waals surface area contributed by atoms with E-state index in [9.17, 15) is 27.6 Å². The average Bonchev–Trinajstić information content (AvgIpc) is 3.28. The summed E-state index contributed by atoms with van der Waals surface area (Å²) in [5.74, 6) is -2.73. The number of nitrogens with one attached hydrogen (secondary N) is 1. The summed E-state index contributed by atoms with van der Waals surface area (Å²) in [5, 5.41) is 2.58. The lowest BCUT2D eigenvalue weighted by molar-refractivity contribution is -0.184. The topological polar surface area (TPSA) is 75.2 Å². The van der Waals surface area contributed by atoms with E-state index in [1.54, 1.807) is 32.0 Å². The van der Waals surface area contributed by atoms with Crippen LogP contribution in [0.3, 0.4) is 0 Å². The zero-order chi connectivity index (χ0) is 29.4. The minimum absolute atomic E-state index is 0.185. The predicted octanol–water partition coefficient (Wildman–Crippen LogP) is 5.98. The van der Waals surface area contributed by atoms with E-state index in [1.807, 2.05) is 0 Å². The SMILES string of the molecule is Cc1[nH]n(-c2ccccc2)c(=O)c1[C@]1(C(F)(F)F)C(=O)N(c2cccc(C(F)(F)F)c2)C2=C1C(=O)CC(C)(C)C2. The molecule has 0 radical (unpaired) electrons. The molecule has 0 bridgehead atoms. The van der Waals surface area contributed by atoms with Crippen molar-refractivity contribution in [2.24, 2.45) is 5.41 Å². The summed E-state index contributed by atoms with van der Waals surface area (Å²) in [5.41, 5.74) is -9.93. The van der Waals surface area contributed by atoms with Gasteiger partial charge in [0.05, 0.1) is 16.8 Å². The zero-order valence-corrected chi connectivity index (χ0v) is 21.5. The van der Waals surface area contributed by atoms with Gasteiger partial charge in [0.25, 0.3) is 11.5 Å². The summed E-state index contributed by atoms with van der Waals surface area (Å²) in [6.45, 7) is 4.41. The number of Topliss-reactive ketones (excluding diaryl/α,β-unsaturated/α-hetero) is 1. The third-order valence-electron chi connectivity index (χ3n) is 7.34. The fraction of sp³-hybridized carbons (Fsp3) is 0.321. The molecule has 2 aliphatic rings. The number of aromatic amines is 1. The summed E-state index contributed by atoms with van der Waals surface area (Å²) < 4.78 is 87.8. The fourth-order valence-electron chi connectivity index (χ4n) is 5.78. The minimum Gasteiger partial charge on any atom is -0.295 e. The number of nitrogens with zero attached hydrogens (tertiary/aromatic N) is 2. The van der Waals surface area contributed by atoms with Gasteiger partial charge in [-0.25, -0.2) is 4.68 Å². The van der Waals surface area contributed by atoms with Gasteiger partial charge in [-0.15, -0.1) is 0 Å². The number of halogens is 6. The van der Waals surface area contributed by atoms with Crippen molar-refractivity contribution in [3.8, 4) is 5.69 Å². The molecule has 1 atom stereocenters. The molecule has 1 amide bonds. The summed E-state index contributed by atoms with van der Waals surface area (Å²) in [7, 11) is 0. The van der Waals surface area contributed by atoms with E-state index in [0.717, 1.165) is 22.9 Å². The van der Waals surface area contributed by atoms with Crippen molar-refractivity contribution in [3.05, 3.63) is 93.0 Å². The number of H-pyrrole nitrogens is 1. The molecule has 1 N–H and O–H groups in total. The van der Waals surface area contributed by atoms with Crippen LogP contribution >= 0.6 is 0 Å². The first-order valence-corrected chi connectivity index (χ1v) is 12.2. The number of carbonyl (C=O) groups excluding carboxylic acids is 2. The van der Waals surface area contributed by atoms with Gasteiger partial charge in [-0.2, -0.15) is 26.3 Å². The van der Waals surface area contributed by atoms with Crippen LogP contribution in [0.15, 0.2) is 70.7 Å². The lowest BCUT2D eigenvalue weighted by Crippen LogP contribution is -2.55. The van der Waals surface area contributed by atoms with E-state index >= 15 is 13.2 Å². The molecule has 2 heterocycles. The van der Waals surface area contributed by atoms with Gasteiger partial charge in [-0.3, -0.25) is 24.4 Å². The van der Waals surface area contributed by atoms with Crippen molar-refractivity contribution in [2.75, 3.05) is 4.90 Å². The van der Waals surface area contributed by atoms with Gasteiger partial charge in [0.2, 0.25) is 5.41 Å². The van der Waals surface area contributed by atoms with Crippen LogP contribution in [0.5, 0.6) is 0 Å². The van der Waals surface area contributed by atoms with Crippen LogP contribution in [-0.2, 0) is 21.2 Å². The highest BCUT2D eigenvalue weighted by Crippen LogP contribution is 2.58. The van der Waals surface area contributed by atoms with Gasteiger partial charge in [-0.05, 0) is 49.1 Å². The van der Waals surface area contributed by atoms with Crippen molar-refractivity contribution in [3.63, 3.8) is 0 Å². The Kier molecular flexibility index (Phi) is 5.98. The Morgan fingerprint density at radius 1 is 0.850 bits per heavy atom. The second-order valence-corrected chi connectivity index (χ2v) is 10.8. The maximum absolute atomic E-state index is 15.4. The van der Waals surface area contributed by atoms with E-state index in [0.29, 0.717) is 11.0 Å². The van der Waals surface area contributed by atoms with Crippen LogP contribution in [0.2, 0.25) is 0 Å².